The molecule has 0 saturated heterocycles. The molecular weight excluding hydrogens is 262 g/mol. The molecule has 0 radical (unpaired) electrons. The maximum Gasteiger partial charge on any atom is 0.220 e. The minimum absolute atomic E-state index is 0.0653. The van der Waals surface area contributed by atoms with Crippen molar-refractivity contribution in [3.05, 3.63) is 64.7 Å². The monoisotopic (exact) mass is 281 g/mol. The second-order valence-corrected chi connectivity index (χ2v) is 5.66. The molecule has 2 aromatic rings. The van der Waals surface area contributed by atoms with Gasteiger partial charge in [-0.05, 0) is 42.2 Å². The second kappa shape index (κ2) is 5.24. The molecule has 0 aliphatic carbocycles. The fourth-order valence-electron chi connectivity index (χ4n) is 3.14. The van der Waals surface area contributed by atoms with Crippen LogP contribution in [0.1, 0.15) is 35.2 Å². The number of phenols is 1. The van der Waals surface area contributed by atoms with Crippen LogP contribution in [0, 0.1) is 6.92 Å². The van der Waals surface area contributed by atoms with Crippen molar-refractivity contribution in [3.8, 4) is 5.75 Å². The van der Waals surface area contributed by atoms with Crippen molar-refractivity contribution < 1.29 is 9.90 Å². The maximum atomic E-state index is 12.0. The Morgan fingerprint density at radius 3 is 2.76 bits per heavy atom. The first-order valence-corrected chi connectivity index (χ1v) is 7.22. The van der Waals surface area contributed by atoms with E-state index in [1.54, 1.807) is 19.1 Å². The number of benzene rings is 2. The van der Waals surface area contributed by atoms with Crippen molar-refractivity contribution in [2.24, 2.45) is 0 Å². The van der Waals surface area contributed by atoms with E-state index in [1.165, 1.54) is 11.1 Å². The SMILES string of the molecule is CC(=O)N1CCc2ccc(O)cc2C1c1cccc(C)c1. The number of phenolic OH excluding ortho intramolecular Hbond substituents is 1. The number of carbonyl (C=O) groups is 1. The predicted molar refractivity (Wildman–Crippen MR) is 82.2 cm³/mol. The maximum absolute atomic E-state index is 12.0. The van der Waals surface area contributed by atoms with Crippen molar-refractivity contribution in [1.29, 1.82) is 0 Å². The van der Waals surface area contributed by atoms with Gasteiger partial charge in [0.2, 0.25) is 5.91 Å². The van der Waals surface area contributed by atoms with E-state index in [-0.39, 0.29) is 17.7 Å². The molecule has 0 fully saturated rings. The van der Waals surface area contributed by atoms with Crippen LogP contribution in [0.2, 0.25) is 0 Å². The lowest BCUT2D eigenvalue weighted by Gasteiger charge is -2.37. The highest BCUT2D eigenvalue weighted by Crippen LogP contribution is 2.37. The van der Waals surface area contributed by atoms with Gasteiger partial charge in [0, 0.05) is 13.5 Å². The molecule has 1 aliphatic rings. The van der Waals surface area contributed by atoms with Crippen LogP contribution in [-0.2, 0) is 11.2 Å². The fraction of sp³-hybridized carbons (Fsp3) is 0.278. The Hall–Kier alpha value is -2.29. The van der Waals surface area contributed by atoms with Crippen molar-refractivity contribution in [2.75, 3.05) is 6.54 Å². The van der Waals surface area contributed by atoms with Gasteiger partial charge in [0.1, 0.15) is 5.75 Å². The summed E-state index contributed by atoms with van der Waals surface area (Å²) in [5.41, 5.74) is 4.50. The van der Waals surface area contributed by atoms with Gasteiger partial charge in [-0.25, -0.2) is 0 Å². The van der Waals surface area contributed by atoms with Gasteiger partial charge in [-0.2, -0.15) is 0 Å². The first-order valence-electron chi connectivity index (χ1n) is 7.22. The Kier molecular flexibility index (Phi) is 3.42. The molecule has 3 rings (SSSR count). The standard InChI is InChI=1S/C18H19NO2/c1-12-4-3-5-15(10-12)18-17-11-16(21)7-6-14(17)8-9-19(18)13(2)20/h3-7,10-11,18,21H,8-9H2,1-2H3. The molecule has 1 atom stereocenters. The Bertz CT molecular complexity index is 693. The summed E-state index contributed by atoms with van der Waals surface area (Å²) in [6, 6.07) is 13.6. The molecule has 1 N–H and O–H groups in total. The van der Waals surface area contributed by atoms with Crippen LogP contribution in [-0.4, -0.2) is 22.5 Å². The van der Waals surface area contributed by atoms with E-state index in [2.05, 4.69) is 6.07 Å². The van der Waals surface area contributed by atoms with Crippen molar-refractivity contribution in [2.45, 2.75) is 26.3 Å². The molecular formula is C18H19NO2. The largest absolute Gasteiger partial charge is 0.508 e. The molecule has 1 aliphatic heterocycles. The summed E-state index contributed by atoms with van der Waals surface area (Å²) < 4.78 is 0. The second-order valence-electron chi connectivity index (χ2n) is 5.66. The number of hydrogen-bond acceptors (Lipinski definition) is 2. The van der Waals surface area contributed by atoms with Gasteiger partial charge in [-0.15, -0.1) is 0 Å². The highest BCUT2D eigenvalue weighted by atomic mass is 16.3. The topological polar surface area (TPSA) is 40.5 Å². The molecule has 0 spiro atoms. The summed E-state index contributed by atoms with van der Waals surface area (Å²) in [5, 5.41) is 9.83. The summed E-state index contributed by atoms with van der Waals surface area (Å²) in [6.07, 6.45) is 0.831. The van der Waals surface area contributed by atoms with E-state index >= 15 is 0 Å². The van der Waals surface area contributed by atoms with Crippen LogP contribution < -0.4 is 0 Å². The average molecular weight is 281 g/mol. The molecule has 1 unspecified atom stereocenters. The number of nitrogens with zero attached hydrogens (tertiary/aromatic N) is 1. The molecule has 0 saturated carbocycles. The highest BCUT2D eigenvalue weighted by Gasteiger charge is 2.30. The smallest absolute Gasteiger partial charge is 0.220 e. The zero-order valence-corrected chi connectivity index (χ0v) is 12.3. The van der Waals surface area contributed by atoms with Gasteiger partial charge in [-0.3, -0.25) is 4.79 Å². The first kappa shape index (κ1) is 13.7. The lowest BCUT2D eigenvalue weighted by atomic mass is 9.87. The molecule has 2 aromatic carbocycles. The normalized spacial score (nSPS) is 17.4. The number of hydrogen-bond donors (Lipinski definition) is 1. The number of fused-ring (bicyclic) bond motifs is 1. The number of aryl methyl sites for hydroxylation is 1. The van der Waals surface area contributed by atoms with Crippen LogP contribution in [0.15, 0.2) is 42.5 Å². The van der Waals surface area contributed by atoms with E-state index in [4.69, 9.17) is 0 Å². The number of amides is 1. The average Bonchev–Trinajstić information content (AvgIpc) is 2.45. The lowest BCUT2D eigenvalue weighted by molar-refractivity contribution is -0.130. The summed E-state index contributed by atoms with van der Waals surface area (Å²) in [7, 11) is 0. The van der Waals surface area contributed by atoms with Crippen LogP contribution in [0.4, 0.5) is 0 Å². The third-order valence-electron chi connectivity index (χ3n) is 4.12. The molecule has 1 heterocycles. The molecule has 3 nitrogen and oxygen atoms in total. The van der Waals surface area contributed by atoms with Crippen LogP contribution >= 0.6 is 0 Å². The zero-order valence-electron chi connectivity index (χ0n) is 12.3. The minimum Gasteiger partial charge on any atom is -0.508 e. The van der Waals surface area contributed by atoms with Gasteiger partial charge in [0.25, 0.3) is 0 Å². The van der Waals surface area contributed by atoms with Crippen LogP contribution in [0.25, 0.3) is 0 Å². The summed E-state index contributed by atoms with van der Waals surface area (Å²) in [6.45, 7) is 4.37. The molecule has 1 amide bonds. The third-order valence-corrected chi connectivity index (χ3v) is 4.12. The number of aromatic hydroxyl groups is 1. The Labute approximate surface area is 124 Å². The van der Waals surface area contributed by atoms with E-state index in [1.807, 2.05) is 36.1 Å². The van der Waals surface area contributed by atoms with Gasteiger partial charge < -0.3 is 10.0 Å². The van der Waals surface area contributed by atoms with Gasteiger partial charge >= 0.3 is 0 Å². The number of carbonyl (C=O) groups excluding carboxylic acids is 1. The van der Waals surface area contributed by atoms with E-state index in [0.717, 1.165) is 17.5 Å². The van der Waals surface area contributed by atoms with Gasteiger partial charge in [0.15, 0.2) is 0 Å². The van der Waals surface area contributed by atoms with E-state index < -0.39 is 0 Å². The Balaban J connectivity index is 2.17. The van der Waals surface area contributed by atoms with Gasteiger partial charge in [-0.1, -0.05) is 35.9 Å². The Morgan fingerprint density at radius 1 is 1.24 bits per heavy atom. The van der Waals surface area contributed by atoms with Crippen molar-refractivity contribution in [3.63, 3.8) is 0 Å². The van der Waals surface area contributed by atoms with Crippen LogP contribution in [0.5, 0.6) is 5.75 Å². The van der Waals surface area contributed by atoms with Crippen LogP contribution in [0.3, 0.4) is 0 Å². The first-order chi connectivity index (χ1) is 10.1. The molecule has 21 heavy (non-hydrogen) atoms. The predicted octanol–water partition coefficient (Wildman–Crippen LogP) is 3.19. The molecule has 3 heteroatoms. The summed E-state index contributed by atoms with van der Waals surface area (Å²) >= 11 is 0. The summed E-state index contributed by atoms with van der Waals surface area (Å²) in [5.74, 6) is 0.312. The minimum atomic E-state index is -0.113. The van der Waals surface area contributed by atoms with E-state index in [9.17, 15) is 9.90 Å². The van der Waals surface area contributed by atoms with Gasteiger partial charge in [0.05, 0.1) is 6.04 Å². The molecule has 0 aromatic heterocycles. The zero-order chi connectivity index (χ0) is 15.0. The quantitative estimate of drug-likeness (QED) is 0.872. The Morgan fingerprint density at radius 2 is 2.05 bits per heavy atom. The molecule has 108 valence electrons. The fourth-order valence-corrected chi connectivity index (χ4v) is 3.14. The van der Waals surface area contributed by atoms with Crippen molar-refractivity contribution in [1.82, 2.24) is 4.90 Å². The third kappa shape index (κ3) is 2.51. The lowest BCUT2D eigenvalue weighted by Crippen LogP contribution is -2.39. The highest BCUT2D eigenvalue weighted by molar-refractivity contribution is 5.75. The summed E-state index contributed by atoms with van der Waals surface area (Å²) in [4.78, 5) is 13.9. The number of rotatable bonds is 1. The molecule has 0 bridgehead atoms. The van der Waals surface area contributed by atoms with E-state index in [0.29, 0.717) is 6.54 Å². The van der Waals surface area contributed by atoms with Crippen molar-refractivity contribution >= 4 is 5.91 Å².